The van der Waals surface area contributed by atoms with Gasteiger partial charge in [0.15, 0.2) is 0 Å². The van der Waals surface area contributed by atoms with Gasteiger partial charge in [-0.25, -0.2) is 8.78 Å². The molecule has 0 bridgehead atoms. The molecule has 1 aromatic heterocycles. The number of nitrogens with zero attached hydrogens (tertiary/aromatic N) is 1. The first kappa shape index (κ1) is 9.58. The van der Waals surface area contributed by atoms with Crippen molar-refractivity contribution in [2.24, 2.45) is 0 Å². The Morgan fingerprint density at radius 1 is 1.50 bits per heavy atom. The van der Waals surface area contributed by atoms with Gasteiger partial charge in [0, 0.05) is 23.3 Å². The lowest BCUT2D eigenvalue weighted by Gasteiger charge is -2.07. The van der Waals surface area contributed by atoms with Gasteiger partial charge in [0.1, 0.15) is 0 Å². The smallest absolute Gasteiger partial charge is 0.264 e. The van der Waals surface area contributed by atoms with Gasteiger partial charge in [-0.2, -0.15) is 0 Å². The van der Waals surface area contributed by atoms with Crippen LogP contribution >= 0.6 is 15.9 Å². The molecule has 0 unspecified atom stereocenters. The van der Waals surface area contributed by atoms with Gasteiger partial charge in [0.25, 0.3) is 6.43 Å². The molecule has 0 radical (unpaired) electrons. The lowest BCUT2D eigenvalue weighted by molar-refractivity contribution is 0.150. The average molecular weight is 236 g/mol. The summed E-state index contributed by atoms with van der Waals surface area (Å²) in [6.45, 7) is 1.77. The Balaban J connectivity index is 3.18. The van der Waals surface area contributed by atoms with Crippen LogP contribution in [0.5, 0.6) is 0 Å². The fourth-order valence-corrected chi connectivity index (χ4v) is 1.75. The molecule has 0 atom stereocenters. The van der Waals surface area contributed by atoms with Crippen LogP contribution in [-0.2, 0) is 5.33 Å². The summed E-state index contributed by atoms with van der Waals surface area (Å²) in [6.07, 6.45) is 0.362. The van der Waals surface area contributed by atoms with Gasteiger partial charge in [-0.05, 0) is 18.1 Å². The Hall–Kier alpha value is -0.510. The highest BCUT2D eigenvalue weighted by atomic mass is 79.9. The molecule has 1 nitrogen and oxygen atoms in total. The maximum absolute atomic E-state index is 12.3. The fraction of sp³-hybridized carbons (Fsp3) is 0.375. The Labute approximate surface area is 77.9 Å². The largest absolute Gasteiger partial charge is 0.265 e. The van der Waals surface area contributed by atoms with Crippen LogP contribution in [0.15, 0.2) is 12.4 Å². The van der Waals surface area contributed by atoms with Crippen molar-refractivity contribution < 1.29 is 8.78 Å². The summed E-state index contributed by atoms with van der Waals surface area (Å²) in [4.78, 5) is 3.71. The molecule has 0 aliphatic heterocycles. The van der Waals surface area contributed by atoms with Crippen LogP contribution in [0.1, 0.15) is 23.1 Å². The predicted molar refractivity (Wildman–Crippen MR) is 46.6 cm³/mol. The van der Waals surface area contributed by atoms with Crippen molar-refractivity contribution >= 4 is 15.9 Å². The molecule has 0 spiro atoms. The molecule has 12 heavy (non-hydrogen) atoms. The number of pyridine rings is 1. The summed E-state index contributed by atoms with van der Waals surface area (Å²) in [5.74, 6) is 0. The normalized spacial score (nSPS) is 10.8. The van der Waals surface area contributed by atoms with Crippen molar-refractivity contribution in [3.05, 3.63) is 29.1 Å². The number of halogens is 3. The van der Waals surface area contributed by atoms with E-state index in [2.05, 4.69) is 20.9 Å². The van der Waals surface area contributed by atoms with E-state index >= 15 is 0 Å². The zero-order chi connectivity index (χ0) is 9.14. The van der Waals surface area contributed by atoms with Crippen molar-refractivity contribution in [1.29, 1.82) is 0 Å². The highest BCUT2D eigenvalue weighted by molar-refractivity contribution is 9.08. The summed E-state index contributed by atoms with van der Waals surface area (Å²) >= 11 is 3.17. The molecular weight excluding hydrogens is 228 g/mol. The van der Waals surface area contributed by atoms with Crippen LogP contribution < -0.4 is 0 Å². The van der Waals surface area contributed by atoms with Crippen molar-refractivity contribution in [1.82, 2.24) is 4.98 Å². The van der Waals surface area contributed by atoms with E-state index in [4.69, 9.17) is 0 Å². The molecule has 0 saturated carbocycles. The minimum absolute atomic E-state index is 0.0203. The summed E-state index contributed by atoms with van der Waals surface area (Å²) in [5, 5.41) is 0.445. The molecule has 1 rings (SSSR count). The maximum atomic E-state index is 12.3. The van der Waals surface area contributed by atoms with E-state index in [1.807, 2.05) is 0 Å². The van der Waals surface area contributed by atoms with E-state index in [9.17, 15) is 8.78 Å². The van der Waals surface area contributed by atoms with E-state index in [1.54, 1.807) is 13.1 Å². The van der Waals surface area contributed by atoms with E-state index in [0.717, 1.165) is 5.56 Å². The molecule has 4 heteroatoms. The molecule has 0 N–H and O–H groups in total. The third kappa shape index (κ3) is 1.80. The summed E-state index contributed by atoms with van der Waals surface area (Å²) < 4.78 is 24.7. The molecule has 1 aromatic rings. The van der Waals surface area contributed by atoms with Gasteiger partial charge in [-0.3, -0.25) is 4.98 Å². The van der Waals surface area contributed by atoms with Crippen molar-refractivity contribution in [2.75, 3.05) is 0 Å². The standard InChI is InChI=1S/C8H8BrF2N/c1-5-3-12-4-7(8(10)11)6(5)2-9/h3-4,8H,2H2,1H3. The highest BCUT2D eigenvalue weighted by Gasteiger charge is 2.13. The average Bonchev–Trinajstić information content (AvgIpc) is 2.03. The van der Waals surface area contributed by atoms with Gasteiger partial charge in [-0.15, -0.1) is 0 Å². The Kier molecular flexibility index (Phi) is 3.14. The first-order valence-electron chi connectivity index (χ1n) is 3.44. The van der Waals surface area contributed by atoms with E-state index < -0.39 is 6.43 Å². The lowest BCUT2D eigenvalue weighted by Crippen LogP contribution is -1.96. The van der Waals surface area contributed by atoms with E-state index in [0.29, 0.717) is 10.9 Å². The molecule has 0 fully saturated rings. The maximum Gasteiger partial charge on any atom is 0.265 e. The lowest BCUT2D eigenvalue weighted by atomic mass is 10.1. The monoisotopic (exact) mass is 235 g/mol. The second-order valence-corrected chi connectivity index (χ2v) is 3.02. The van der Waals surface area contributed by atoms with Gasteiger partial charge in [0.2, 0.25) is 0 Å². The number of alkyl halides is 3. The predicted octanol–water partition coefficient (Wildman–Crippen LogP) is 3.22. The molecule has 0 saturated heterocycles. The molecule has 0 aliphatic carbocycles. The van der Waals surface area contributed by atoms with Gasteiger partial charge >= 0.3 is 0 Å². The molecular formula is C8H8BrF2N. The van der Waals surface area contributed by atoms with Gasteiger partial charge in [0.05, 0.1) is 0 Å². The van der Waals surface area contributed by atoms with E-state index in [1.165, 1.54) is 6.20 Å². The molecule has 0 amide bonds. The van der Waals surface area contributed by atoms with Crippen molar-refractivity contribution in [3.8, 4) is 0 Å². The molecule has 1 heterocycles. The molecule has 0 aromatic carbocycles. The molecule has 0 aliphatic rings. The van der Waals surface area contributed by atoms with Gasteiger partial charge < -0.3 is 0 Å². The van der Waals surface area contributed by atoms with Crippen LogP contribution in [0.4, 0.5) is 8.78 Å². The fourth-order valence-electron chi connectivity index (χ4n) is 0.983. The van der Waals surface area contributed by atoms with E-state index in [-0.39, 0.29) is 5.56 Å². The number of aromatic nitrogens is 1. The van der Waals surface area contributed by atoms with Crippen LogP contribution in [0, 0.1) is 6.92 Å². The van der Waals surface area contributed by atoms with Crippen molar-refractivity contribution in [3.63, 3.8) is 0 Å². The van der Waals surface area contributed by atoms with Crippen LogP contribution in [0.25, 0.3) is 0 Å². The number of rotatable bonds is 2. The van der Waals surface area contributed by atoms with Crippen molar-refractivity contribution in [2.45, 2.75) is 18.7 Å². The van der Waals surface area contributed by atoms with Crippen LogP contribution in [0.2, 0.25) is 0 Å². The summed E-state index contributed by atoms with van der Waals surface area (Å²) in [5.41, 5.74) is 1.46. The SMILES string of the molecule is Cc1cncc(C(F)F)c1CBr. The third-order valence-corrected chi connectivity index (χ3v) is 2.24. The third-order valence-electron chi connectivity index (χ3n) is 1.68. The number of aryl methyl sites for hydroxylation is 1. The minimum atomic E-state index is -2.44. The summed E-state index contributed by atoms with van der Waals surface area (Å²) in [6, 6.07) is 0. The number of hydrogen-bond donors (Lipinski definition) is 0. The topological polar surface area (TPSA) is 12.9 Å². The second-order valence-electron chi connectivity index (χ2n) is 2.46. The molecule has 66 valence electrons. The van der Waals surface area contributed by atoms with Crippen LogP contribution in [0.3, 0.4) is 0 Å². The summed E-state index contributed by atoms with van der Waals surface area (Å²) in [7, 11) is 0. The first-order valence-corrected chi connectivity index (χ1v) is 4.56. The van der Waals surface area contributed by atoms with Gasteiger partial charge in [-0.1, -0.05) is 15.9 Å². The highest BCUT2D eigenvalue weighted by Crippen LogP contribution is 2.25. The zero-order valence-electron chi connectivity index (χ0n) is 6.52. The minimum Gasteiger partial charge on any atom is -0.264 e. The van der Waals surface area contributed by atoms with Crippen LogP contribution in [-0.4, -0.2) is 4.98 Å². The quantitative estimate of drug-likeness (QED) is 0.718. The zero-order valence-corrected chi connectivity index (χ0v) is 8.11. The Bertz CT molecular complexity index is 276. The Morgan fingerprint density at radius 2 is 2.17 bits per heavy atom. The first-order chi connectivity index (χ1) is 5.66. The Morgan fingerprint density at radius 3 is 2.58 bits per heavy atom. The number of hydrogen-bond acceptors (Lipinski definition) is 1. The second kappa shape index (κ2) is 3.94.